The highest BCUT2D eigenvalue weighted by Gasteiger charge is 2.19. The maximum atomic E-state index is 12.8. The van der Waals surface area contributed by atoms with Crippen molar-refractivity contribution < 1.29 is 28.6 Å². The minimum Gasteiger partial charge on any atom is -0.462 e. The molecule has 0 saturated carbocycles. The van der Waals surface area contributed by atoms with Crippen LogP contribution in [0.2, 0.25) is 0 Å². The summed E-state index contributed by atoms with van der Waals surface area (Å²) in [5, 5.41) is 0. The van der Waals surface area contributed by atoms with E-state index in [9.17, 15) is 14.4 Å². The van der Waals surface area contributed by atoms with Crippen LogP contribution < -0.4 is 0 Å². The van der Waals surface area contributed by atoms with E-state index < -0.39 is 6.10 Å². The zero-order valence-corrected chi connectivity index (χ0v) is 41.6. The average molecular weight is 881 g/mol. The Morgan fingerprint density at radius 3 is 1.08 bits per heavy atom. The molecule has 0 aromatic rings. The van der Waals surface area contributed by atoms with Crippen molar-refractivity contribution in [2.75, 3.05) is 13.2 Å². The topological polar surface area (TPSA) is 78.9 Å². The highest BCUT2D eigenvalue weighted by molar-refractivity contribution is 5.71. The minimum absolute atomic E-state index is 0.0899. The number of rotatable bonds is 48. The molecule has 1 unspecified atom stereocenters. The largest absolute Gasteiger partial charge is 0.462 e. The first-order chi connectivity index (χ1) is 31.0. The zero-order chi connectivity index (χ0) is 45.8. The van der Waals surface area contributed by atoms with E-state index in [1.165, 1.54) is 116 Å². The lowest BCUT2D eigenvalue weighted by molar-refractivity contribution is -0.167. The molecule has 0 spiro atoms. The summed E-state index contributed by atoms with van der Waals surface area (Å²) in [5.41, 5.74) is 0. The summed E-state index contributed by atoms with van der Waals surface area (Å²) in [4.78, 5) is 38.0. The van der Waals surface area contributed by atoms with Crippen LogP contribution in [0.4, 0.5) is 0 Å². The predicted octanol–water partition coefficient (Wildman–Crippen LogP) is 17.6. The summed E-state index contributed by atoms with van der Waals surface area (Å²) in [6.45, 7) is 6.50. The lowest BCUT2D eigenvalue weighted by atomic mass is 10.1. The quantitative estimate of drug-likeness (QED) is 0.0199. The van der Waals surface area contributed by atoms with Crippen molar-refractivity contribution in [3.05, 3.63) is 60.8 Å². The molecule has 0 aromatic carbocycles. The average Bonchev–Trinajstić information content (AvgIpc) is 3.28. The molecule has 0 aliphatic rings. The van der Waals surface area contributed by atoms with E-state index in [1.54, 1.807) is 0 Å². The van der Waals surface area contributed by atoms with Gasteiger partial charge in [-0.05, 0) is 96.3 Å². The van der Waals surface area contributed by atoms with Crippen molar-refractivity contribution >= 4 is 17.9 Å². The number of ether oxygens (including phenoxy) is 3. The Kier molecular flexibility index (Phi) is 49.4. The first-order valence-corrected chi connectivity index (χ1v) is 26.8. The zero-order valence-electron chi connectivity index (χ0n) is 41.6. The molecule has 0 fully saturated rings. The lowest BCUT2D eigenvalue weighted by Gasteiger charge is -2.18. The molecule has 1 atom stereocenters. The van der Waals surface area contributed by atoms with Gasteiger partial charge in [-0.3, -0.25) is 14.4 Å². The van der Waals surface area contributed by atoms with Gasteiger partial charge in [0, 0.05) is 19.3 Å². The smallest absolute Gasteiger partial charge is 0.306 e. The van der Waals surface area contributed by atoms with Crippen LogP contribution in [0, 0.1) is 0 Å². The van der Waals surface area contributed by atoms with Crippen LogP contribution in [-0.2, 0) is 28.6 Å². The third-order valence-corrected chi connectivity index (χ3v) is 11.5. The maximum Gasteiger partial charge on any atom is 0.306 e. The van der Waals surface area contributed by atoms with Crippen molar-refractivity contribution in [2.45, 2.75) is 271 Å². The molecule has 63 heavy (non-hydrogen) atoms. The molecule has 6 heteroatoms. The Morgan fingerprint density at radius 1 is 0.349 bits per heavy atom. The molecule has 0 radical (unpaired) electrons. The van der Waals surface area contributed by atoms with Crippen LogP contribution in [0.1, 0.15) is 265 Å². The number of carbonyl (C=O) groups is 3. The fraction of sp³-hybridized carbons (Fsp3) is 0.772. The summed E-state index contributed by atoms with van der Waals surface area (Å²) in [5.74, 6) is -0.923. The van der Waals surface area contributed by atoms with Gasteiger partial charge in [0.05, 0.1) is 0 Å². The van der Waals surface area contributed by atoms with Crippen molar-refractivity contribution in [3.8, 4) is 0 Å². The molecular weight excluding hydrogens is 781 g/mol. The SMILES string of the molecule is CC/C=C\C/C=C\CCCCCCCCCC(=O)OC(COC(=O)CCCCC/C=C\CCCCCCCC)COC(=O)CCCCCCC/C=C\C=C/CCCCCCCCC. The standard InChI is InChI=1S/C57H100O6/c1-4-7-10-13-16-19-22-25-27-28-29-30-33-35-38-41-44-47-50-56(59)62-53-54(52-61-55(58)49-46-43-40-37-34-31-24-21-18-15-12-9-6-3)63-57(60)51-48-45-42-39-36-32-26-23-20-17-14-11-8-5-2/h8,11,17,20,27-31,34,54H,4-7,9-10,12-16,18-19,21-26,32-33,35-53H2,1-3H3/b11-8-,20-17-,28-27-,30-29-,34-31-. The Hall–Kier alpha value is -2.89. The van der Waals surface area contributed by atoms with Crippen LogP contribution >= 0.6 is 0 Å². The van der Waals surface area contributed by atoms with E-state index in [-0.39, 0.29) is 31.1 Å². The van der Waals surface area contributed by atoms with Gasteiger partial charge >= 0.3 is 17.9 Å². The van der Waals surface area contributed by atoms with Gasteiger partial charge in [-0.2, -0.15) is 0 Å². The number of unbranched alkanes of at least 4 members (excludes halogenated alkanes) is 28. The summed E-state index contributed by atoms with van der Waals surface area (Å²) in [6.07, 6.45) is 63.5. The lowest BCUT2D eigenvalue weighted by Crippen LogP contribution is -2.30. The Balaban J connectivity index is 4.41. The fourth-order valence-corrected chi connectivity index (χ4v) is 7.47. The second-order valence-electron chi connectivity index (χ2n) is 17.8. The summed E-state index contributed by atoms with van der Waals surface area (Å²) < 4.78 is 16.8. The molecule has 6 nitrogen and oxygen atoms in total. The van der Waals surface area contributed by atoms with Gasteiger partial charge in [-0.15, -0.1) is 0 Å². The van der Waals surface area contributed by atoms with Gasteiger partial charge in [-0.25, -0.2) is 0 Å². The molecule has 0 heterocycles. The second kappa shape index (κ2) is 51.7. The second-order valence-corrected chi connectivity index (χ2v) is 17.8. The monoisotopic (exact) mass is 881 g/mol. The van der Waals surface area contributed by atoms with Crippen LogP contribution in [0.5, 0.6) is 0 Å². The summed E-state index contributed by atoms with van der Waals surface area (Å²) in [7, 11) is 0. The predicted molar refractivity (Wildman–Crippen MR) is 270 cm³/mol. The first-order valence-electron chi connectivity index (χ1n) is 26.8. The molecule has 0 bridgehead atoms. The molecule has 0 saturated heterocycles. The maximum absolute atomic E-state index is 12.8. The molecule has 0 aliphatic heterocycles. The van der Waals surface area contributed by atoms with Crippen molar-refractivity contribution in [1.29, 1.82) is 0 Å². The summed E-state index contributed by atoms with van der Waals surface area (Å²) in [6, 6.07) is 0. The van der Waals surface area contributed by atoms with Crippen molar-refractivity contribution in [3.63, 3.8) is 0 Å². The molecule has 0 N–H and O–H groups in total. The van der Waals surface area contributed by atoms with E-state index in [0.717, 1.165) is 109 Å². The summed E-state index contributed by atoms with van der Waals surface area (Å²) >= 11 is 0. The Bertz CT molecular complexity index is 1150. The van der Waals surface area contributed by atoms with Crippen LogP contribution in [0.3, 0.4) is 0 Å². The van der Waals surface area contributed by atoms with Gasteiger partial charge in [0.2, 0.25) is 0 Å². The molecule has 0 rings (SSSR count). The first kappa shape index (κ1) is 60.1. The third kappa shape index (κ3) is 50.0. The molecule has 0 aromatic heterocycles. The fourth-order valence-electron chi connectivity index (χ4n) is 7.47. The van der Waals surface area contributed by atoms with Gasteiger partial charge in [-0.1, -0.05) is 210 Å². The van der Waals surface area contributed by atoms with Gasteiger partial charge in [0.15, 0.2) is 6.10 Å². The minimum atomic E-state index is -0.790. The van der Waals surface area contributed by atoms with Gasteiger partial charge in [0.25, 0.3) is 0 Å². The van der Waals surface area contributed by atoms with Crippen LogP contribution in [0.15, 0.2) is 60.8 Å². The number of allylic oxidation sites excluding steroid dienone is 10. The van der Waals surface area contributed by atoms with Crippen molar-refractivity contribution in [2.24, 2.45) is 0 Å². The number of hydrogen-bond acceptors (Lipinski definition) is 6. The van der Waals surface area contributed by atoms with E-state index in [0.29, 0.717) is 19.3 Å². The van der Waals surface area contributed by atoms with Crippen LogP contribution in [-0.4, -0.2) is 37.2 Å². The number of hydrogen-bond donors (Lipinski definition) is 0. The third-order valence-electron chi connectivity index (χ3n) is 11.5. The molecular formula is C57H100O6. The van der Waals surface area contributed by atoms with E-state index in [1.807, 2.05) is 0 Å². The Morgan fingerprint density at radius 2 is 0.667 bits per heavy atom. The normalized spacial score (nSPS) is 12.5. The molecule has 0 amide bonds. The van der Waals surface area contributed by atoms with Gasteiger partial charge < -0.3 is 14.2 Å². The highest BCUT2D eigenvalue weighted by atomic mass is 16.6. The molecule has 0 aliphatic carbocycles. The van der Waals surface area contributed by atoms with E-state index >= 15 is 0 Å². The van der Waals surface area contributed by atoms with E-state index in [4.69, 9.17) is 14.2 Å². The van der Waals surface area contributed by atoms with Crippen molar-refractivity contribution in [1.82, 2.24) is 0 Å². The number of esters is 3. The molecule has 364 valence electrons. The van der Waals surface area contributed by atoms with Crippen LogP contribution in [0.25, 0.3) is 0 Å². The number of carbonyl (C=O) groups excluding carboxylic acids is 3. The Labute approximate surface area is 390 Å². The highest BCUT2D eigenvalue weighted by Crippen LogP contribution is 2.14. The van der Waals surface area contributed by atoms with Gasteiger partial charge in [0.1, 0.15) is 13.2 Å². The van der Waals surface area contributed by atoms with E-state index in [2.05, 4.69) is 81.5 Å².